The SMILES string of the molecule is CCOC(=O)CCc1csc(CSc2cccc(Cl)c2)n1. The Morgan fingerprint density at radius 1 is 1.48 bits per heavy atom. The summed E-state index contributed by atoms with van der Waals surface area (Å²) in [5.74, 6) is 0.644. The molecule has 1 aromatic heterocycles. The van der Waals surface area contributed by atoms with Crippen molar-refractivity contribution >= 4 is 40.7 Å². The summed E-state index contributed by atoms with van der Waals surface area (Å²) in [5.41, 5.74) is 0.953. The number of hydrogen-bond donors (Lipinski definition) is 0. The molecule has 2 rings (SSSR count). The molecule has 0 amide bonds. The molecule has 0 aliphatic carbocycles. The summed E-state index contributed by atoms with van der Waals surface area (Å²) in [6.07, 6.45) is 1.02. The van der Waals surface area contributed by atoms with Crippen LogP contribution in [0, 0.1) is 0 Å². The first-order valence-corrected chi connectivity index (χ1v) is 8.89. The number of rotatable bonds is 7. The van der Waals surface area contributed by atoms with Crippen LogP contribution in [0.15, 0.2) is 34.5 Å². The minimum atomic E-state index is -0.166. The van der Waals surface area contributed by atoms with Gasteiger partial charge in [0, 0.05) is 21.7 Å². The number of benzene rings is 1. The van der Waals surface area contributed by atoms with E-state index in [4.69, 9.17) is 16.3 Å². The summed E-state index contributed by atoms with van der Waals surface area (Å²) >= 11 is 9.28. The Bertz CT molecular complexity index is 601. The summed E-state index contributed by atoms with van der Waals surface area (Å²) in [7, 11) is 0. The lowest BCUT2D eigenvalue weighted by Gasteiger charge is -2.00. The van der Waals surface area contributed by atoms with Gasteiger partial charge in [0.15, 0.2) is 0 Å². The van der Waals surface area contributed by atoms with Crippen molar-refractivity contribution in [2.75, 3.05) is 6.61 Å². The lowest BCUT2D eigenvalue weighted by atomic mass is 10.2. The maximum atomic E-state index is 11.3. The van der Waals surface area contributed by atoms with Gasteiger partial charge in [0.1, 0.15) is 5.01 Å². The maximum Gasteiger partial charge on any atom is 0.306 e. The van der Waals surface area contributed by atoms with E-state index in [0.717, 1.165) is 26.4 Å². The second-order valence-corrected chi connectivity index (χ2v) is 6.71. The molecular weight excluding hydrogens is 326 g/mol. The minimum absolute atomic E-state index is 0.166. The Morgan fingerprint density at radius 2 is 2.33 bits per heavy atom. The van der Waals surface area contributed by atoms with Crippen LogP contribution in [0.25, 0.3) is 0 Å². The number of esters is 1. The number of aromatic nitrogens is 1. The molecule has 0 aliphatic rings. The van der Waals surface area contributed by atoms with Gasteiger partial charge in [0.2, 0.25) is 0 Å². The second-order valence-electron chi connectivity index (χ2n) is 4.28. The van der Waals surface area contributed by atoms with Crippen molar-refractivity contribution in [3.05, 3.63) is 45.4 Å². The average Bonchev–Trinajstić information content (AvgIpc) is 2.91. The van der Waals surface area contributed by atoms with Gasteiger partial charge in [-0.2, -0.15) is 0 Å². The molecular formula is C15H16ClNO2S2. The number of carbonyl (C=O) groups is 1. The van der Waals surface area contributed by atoms with Crippen molar-refractivity contribution in [1.29, 1.82) is 0 Å². The van der Waals surface area contributed by atoms with Gasteiger partial charge in [-0.05, 0) is 25.1 Å². The highest BCUT2D eigenvalue weighted by atomic mass is 35.5. The van der Waals surface area contributed by atoms with E-state index in [1.165, 1.54) is 0 Å². The van der Waals surface area contributed by atoms with Gasteiger partial charge in [-0.25, -0.2) is 4.98 Å². The van der Waals surface area contributed by atoms with Crippen molar-refractivity contribution in [2.45, 2.75) is 30.4 Å². The van der Waals surface area contributed by atoms with E-state index in [2.05, 4.69) is 4.98 Å². The molecule has 0 fully saturated rings. The first-order valence-electron chi connectivity index (χ1n) is 6.64. The topological polar surface area (TPSA) is 39.2 Å². The molecule has 3 nitrogen and oxygen atoms in total. The van der Waals surface area contributed by atoms with Crippen LogP contribution in [0.5, 0.6) is 0 Å². The van der Waals surface area contributed by atoms with E-state index in [9.17, 15) is 4.79 Å². The lowest BCUT2D eigenvalue weighted by Crippen LogP contribution is -2.05. The Balaban J connectivity index is 1.81. The number of ether oxygens (including phenoxy) is 1. The standard InChI is InChI=1S/C15H16ClNO2S2/c1-2-19-15(18)7-6-12-9-21-14(17-12)10-20-13-5-3-4-11(16)8-13/h3-5,8-9H,2,6-7,10H2,1H3. The number of thioether (sulfide) groups is 1. The second kappa shape index (κ2) is 8.41. The quantitative estimate of drug-likeness (QED) is 0.545. The minimum Gasteiger partial charge on any atom is -0.466 e. The van der Waals surface area contributed by atoms with Crippen molar-refractivity contribution in [3.63, 3.8) is 0 Å². The van der Waals surface area contributed by atoms with Crippen LogP contribution in [-0.4, -0.2) is 17.6 Å². The summed E-state index contributed by atoms with van der Waals surface area (Å²) in [4.78, 5) is 17.0. The summed E-state index contributed by atoms with van der Waals surface area (Å²) in [6.45, 7) is 2.24. The van der Waals surface area contributed by atoms with Crippen molar-refractivity contribution in [1.82, 2.24) is 4.98 Å². The Morgan fingerprint density at radius 3 is 3.10 bits per heavy atom. The Labute approximate surface area is 137 Å². The van der Waals surface area contributed by atoms with Crippen LogP contribution in [0.1, 0.15) is 24.0 Å². The fourth-order valence-corrected chi connectivity index (χ4v) is 3.75. The van der Waals surface area contributed by atoms with Crippen LogP contribution in [0.3, 0.4) is 0 Å². The normalized spacial score (nSPS) is 10.6. The fourth-order valence-electron chi connectivity index (χ4n) is 1.70. The van der Waals surface area contributed by atoms with Crippen molar-refractivity contribution in [3.8, 4) is 0 Å². The molecule has 0 spiro atoms. The average molecular weight is 342 g/mol. The molecule has 0 saturated carbocycles. The molecule has 2 aromatic rings. The zero-order valence-corrected chi connectivity index (χ0v) is 14.1. The summed E-state index contributed by atoms with van der Waals surface area (Å²) < 4.78 is 4.91. The lowest BCUT2D eigenvalue weighted by molar-refractivity contribution is -0.143. The highest BCUT2D eigenvalue weighted by molar-refractivity contribution is 7.98. The number of nitrogens with zero attached hydrogens (tertiary/aromatic N) is 1. The third-order valence-electron chi connectivity index (χ3n) is 2.65. The molecule has 0 saturated heterocycles. The predicted octanol–water partition coefficient (Wildman–Crippen LogP) is 4.58. The molecule has 1 aromatic carbocycles. The molecule has 0 unspecified atom stereocenters. The summed E-state index contributed by atoms with van der Waals surface area (Å²) in [5, 5.41) is 3.81. The number of aryl methyl sites for hydroxylation is 1. The highest BCUT2D eigenvalue weighted by Gasteiger charge is 2.07. The summed E-state index contributed by atoms with van der Waals surface area (Å²) in [6, 6.07) is 7.78. The van der Waals surface area contributed by atoms with Crippen LogP contribution in [-0.2, 0) is 21.7 Å². The first-order chi connectivity index (χ1) is 10.2. The Hall–Kier alpha value is -1.04. The number of halogens is 1. The smallest absolute Gasteiger partial charge is 0.306 e. The van der Waals surface area contributed by atoms with E-state index < -0.39 is 0 Å². The maximum absolute atomic E-state index is 11.3. The monoisotopic (exact) mass is 341 g/mol. The molecule has 21 heavy (non-hydrogen) atoms. The van der Waals surface area contributed by atoms with Gasteiger partial charge in [-0.15, -0.1) is 23.1 Å². The van der Waals surface area contributed by atoms with Crippen LogP contribution in [0.2, 0.25) is 5.02 Å². The van der Waals surface area contributed by atoms with E-state index in [1.54, 1.807) is 23.1 Å². The van der Waals surface area contributed by atoms with Gasteiger partial charge in [0.05, 0.1) is 24.5 Å². The van der Waals surface area contributed by atoms with Crippen LogP contribution >= 0.6 is 34.7 Å². The van der Waals surface area contributed by atoms with Gasteiger partial charge in [-0.1, -0.05) is 17.7 Å². The number of thiazole rings is 1. The third-order valence-corrected chi connectivity index (χ3v) is 4.97. The van der Waals surface area contributed by atoms with Crippen LogP contribution < -0.4 is 0 Å². The number of carbonyl (C=O) groups excluding carboxylic acids is 1. The van der Waals surface area contributed by atoms with E-state index in [1.807, 2.05) is 36.6 Å². The molecule has 6 heteroatoms. The number of hydrogen-bond acceptors (Lipinski definition) is 5. The largest absolute Gasteiger partial charge is 0.466 e. The molecule has 1 heterocycles. The molecule has 0 aliphatic heterocycles. The molecule has 112 valence electrons. The van der Waals surface area contributed by atoms with Gasteiger partial charge < -0.3 is 4.74 Å². The first kappa shape index (κ1) is 16.3. The highest BCUT2D eigenvalue weighted by Crippen LogP contribution is 2.26. The van der Waals surface area contributed by atoms with Crippen molar-refractivity contribution in [2.24, 2.45) is 0 Å². The van der Waals surface area contributed by atoms with Crippen molar-refractivity contribution < 1.29 is 9.53 Å². The zero-order valence-electron chi connectivity index (χ0n) is 11.7. The van der Waals surface area contributed by atoms with E-state index >= 15 is 0 Å². The van der Waals surface area contributed by atoms with Gasteiger partial charge in [0.25, 0.3) is 0 Å². The predicted molar refractivity (Wildman–Crippen MR) is 88.1 cm³/mol. The molecule has 0 bridgehead atoms. The molecule has 0 radical (unpaired) electrons. The molecule has 0 atom stereocenters. The Kier molecular flexibility index (Phi) is 6.54. The van der Waals surface area contributed by atoms with Gasteiger partial charge in [-0.3, -0.25) is 4.79 Å². The zero-order chi connectivity index (χ0) is 15.1. The van der Waals surface area contributed by atoms with E-state index in [-0.39, 0.29) is 5.97 Å². The van der Waals surface area contributed by atoms with Crippen LogP contribution in [0.4, 0.5) is 0 Å². The van der Waals surface area contributed by atoms with Gasteiger partial charge >= 0.3 is 5.97 Å². The van der Waals surface area contributed by atoms with E-state index in [0.29, 0.717) is 19.4 Å². The molecule has 0 N–H and O–H groups in total. The fraction of sp³-hybridized carbons (Fsp3) is 0.333. The third kappa shape index (κ3) is 5.69.